The number of halogens is 2. The van der Waals surface area contributed by atoms with E-state index in [0.717, 1.165) is 17.8 Å². The molecule has 1 aliphatic carbocycles. The molecule has 1 aliphatic rings. The molecule has 7 nitrogen and oxygen atoms in total. The predicted molar refractivity (Wildman–Crippen MR) is 97.5 cm³/mol. The average Bonchev–Trinajstić information content (AvgIpc) is 3.05. The Morgan fingerprint density at radius 2 is 1.96 bits per heavy atom. The van der Waals surface area contributed by atoms with Crippen LogP contribution in [0.3, 0.4) is 0 Å². The molecule has 150 valence electrons. The summed E-state index contributed by atoms with van der Waals surface area (Å²) in [4.78, 5) is 23.5. The number of rotatable bonds is 6. The molecule has 2 amide bonds. The largest absolute Gasteiger partial charge is 0.446 e. The van der Waals surface area contributed by atoms with Gasteiger partial charge in [-0.3, -0.25) is 9.89 Å². The number of alkyl carbamates (subject to hydrolysis) is 1. The minimum atomic E-state index is -0.722. The van der Waals surface area contributed by atoms with Gasteiger partial charge >= 0.3 is 6.09 Å². The third kappa shape index (κ3) is 4.65. The van der Waals surface area contributed by atoms with Gasteiger partial charge in [0.1, 0.15) is 17.7 Å². The molecule has 0 radical (unpaired) electrons. The Labute approximate surface area is 160 Å². The van der Waals surface area contributed by atoms with E-state index in [1.54, 1.807) is 19.9 Å². The smallest absolute Gasteiger partial charge is 0.407 e. The quantitative estimate of drug-likeness (QED) is 0.702. The van der Waals surface area contributed by atoms with Crippen molar-refractivity contribution >= 4 is 17.8 Å². The zero-order valence-corrected chi connectivity index (χ0v) is 15.6. The van der Waals surface area contributed by atoms with Crippen LogP contribution in [0.25, 0.3) is 0 Å². The number of hydrogen-bond acceptors (Lipinski definition) is 4. The van der Waals surface area contributed by atoms with E-state index in [4.69, 9.17) is 4.74 Å². The lowest BCUT2D eigenvalue weighted by atomic mass is 9.80. The minimum absolute atomic E-state index is 0.115. The Hall–Kier alpha value is -2.97. The maximum atomic E-state index is 13.5. The van der Waals surface area contributed by atoms with Crippen LogP contribution in [0.4, 0.5) is 19.4 Å². The molecule has 1 aromatic heterocycles. The van der Waals surface area contributed by atoms with Crippen LogP contribution in [0, 0.1) is 17.6 Å². The lowest BCUT2D eigenvalue weighted by Crippen LogP contribution is -2.36. The molecule has 1 aromatic carbocycles. The van der Waals surface area contributed by atoms with Crippen LogP contribution < -0.4 is 10.6 Å². The van der Waals surface area contributed by atoms with Crippen LogP contribution in [-0.2, 0) is 16.1 Å². The Kier molecular flexibility index (Phi) is 5.91. The van der Waals surface area contributed by atoms with Gasteiger partial charge in [-0.1, -0.05) is 19.9 Å². The molecule has 1 saturated carbocycles. The van der Waals surface area contributed by atoms with Gasteiger partial charge in [0.15, 0.2) is 5.82 Å². The molecule has 9 heteroatoms. The topological polar surface area (TPSA) is 96.1 Å². The minimum Gasteiger partial charge on any atom is -0.446 e. The number of hydrogen-bond donors (Lipinski definition) is 3. The van der Waals surface area contributed by atoms with E-state index in [0.29, 0.717) is 18.7 Å². The first-order valence-electron chi connectivity index (χ1n) is 9.07. The van der Waals surface area contributed by atoms with Gasteiger partial charge in [0.25, 0.3) is 0 Å². The van der Waals surface area contributed by atoms with Gasteiger partial charge in [0.2, 0.25) is 5.91 Å². The lowest BCUT2D eigenvalue weighted by molar-refractivity contribution is -0.118. The summed E-state index contributed by atoms with van der Waals surface area (Å²) >= 11 is 0. The zero-order valence-electron chi connectivity index (χ0n) is 15.6. The summed E-state index contributed by atoms with van der Waals surface area (Å²) in [5, 5.41) is 12.0. The monoisotopic (exact) mass is 392 g/mol. The molecule has 2 aromatic rings. The molecule has 0 bridgehead atoms. The van der Waals surface area contributed by atoms with E-state index in [1.165, 1.54) is 6.07 Å². The fourth-order valence-electron chi connectivity index (χ4n) is 2.85. The first kappa shape index (κ1) is 19.8. The summed E-state index contributed by atoms with van der Waals surface area (Å²) in [5.41, 5.74) is 0.645. The van der Waals surface area contributed by atoms with E-state index in [9.17, 15) is 18.4 Å². The van der Waals surface area contributed by atoms with Crippen molar-refractivity contribution in [1.29, 1.82) is 0 Å². The van der Waals surface area contributed by atoms with Crippen molar-refractivity contribution in [2.45, 2.75) is 45.3 Å². The summed E-state index contributed by atoms with van der Waals surface area (Å²) in [7, 11) is 0. The van der Waals surface area contributed by atoms with Gasteiger partial charge in [0.05, 0.1) is 6.54 Å². The highest BCUT2D eigenvalue weighted by atomic mass is 19.1. The molecule has 3 N–H and O–H groups in total. The molecule has 0 aliphatic heterocycles. The van der Waals surface area contributed by atoms with Gasteiger partial charge in [0, 0.05) is 29.2 Å². The third-order valence-corrected chi connectivity index (χ3v) is 4.65. The van der Waals surface area contributed by atoms with Crippen molar-refractivity contribution in [3.63, 3.8) is 0 Å². The van der Waals surface area contributed by atoms with Gasteiger partial charge in [-0.2, -0.15) is 5.10 Å². The van der Waals surface area contributed by atoms with Gasteiger partial charge in [-0.15, -0.1) is 0 Å². The summed E-state index contributed by atoms with van der Waals surface area (Å²) < 4.78 is 32.3. The van der Waals surface area contributed by atoms with Crippen LogP contribution >= 0.6 is 0 Å². The van der Waals surface area contributed by atoms with Crippen molar-refractivity contribution in [3.8, 4) is 0 Å². The number of H-pyrrole nitrogens is 1. The van der Waals surface area contributed by atoms with E-state index < -0.39 is 17.7 Å². The molecule has 0 spiro atoms. The number of nitrogens with one attached hydrogen (secondary N) is 3. The van der Waals surface area contributed by atoms with E-state index >= 15 is 0 Å². The van der Waals surface area contributed by atoms with E-state index in [2.05, 4.69) is 20.8 Å². The van der Waals surface area contributed by atoms with Crippen molar-refractivity contribution in [2.24, 2.45) is 5.92 Å². The van der Waals surface area contributed by atoms with Crippen LogP contribution in [-0.4, -0.2) is 28.3 Å². The fraction of sp³-hybridized carbons (Fsp3) is 0.421. The molecule has 28 heavy (non-hydrogen) atoms. The fourth-order valence-corrected chi connectivity index (χ4v) is 2.85. The Balaban J connectivity index is 1.42. The number of carbonyl (C=O) groups is 2. The van der Waals surface area contributed by atoms with Crippen molar-refractivity contribution in [1.82, 2.24) is 15.5 Å². The SMILES string of the molecule is CC(C)C(=O)Nc1cc([C@H]2C[C@@H](OC(=O)NCc3c(F)cccc3F)C2)[nH]n1. The second kappa shape index (κ2) is 8.37. The molecule has 0 unspecified atom stereocenters. The number of benzene rings is 1. The lowest BCUT2D eigenvalue weighted by Gasteiger charge is -2.33. The summed E-state index contributed by atoms with van der Waals surface area (Å²) in [6, 6.07) is 5.28. The molecule has 0 saturated heterocycles. The number of amides is 2. The van der Waals surface area contributed by atoms with Crippen molar-refractivity contribution < 1.29 is 23.1 Å². The van der Waals surface area contributed by atoms with E-state index in [1.807, 2.05) is 0 Å². The number of carbonyl (C=O) groups excluding carboxylic acids is 2. The van der Waals surface area contributed by atoms with Gasteiger partial charge in [-0.05, 0) is 25.0 Å². The molecular formula is C19H22F2N4O3. The van der Waals surface area contributed by atoms with Gasteiger partial charge < -0.3 is 15.4 Å². The Morgan fingerprint density at radius 3 is 2.61 bits per heavy atom. The Morgan fingerprint density at radius 1 is 1.29 bits per heavy atom. The number of ether oxygens (including phenoxy) is 1. The standard InChI is InChI=1S/C19H22F2N4O3/c1-10(2)18(26)23-17-8-16(24-25-17)11-6-12(7-11)28-19(27)22-9-13-14(20)4-3-5-15(13)21/h3-5,8,10-12H,6-7,9H2,1-2H3,(H,22,27)(H2,23,24,25,26)/t11-,12+. The van der Waals surface area contributed by atoms with Crippen LogP contribution in [0.1, 0.15) is 43.9 Å². The highest BCUT2D eigenvalue weighted by Gasteiger charge is 2.34. The number of aromatic amines is 1. The van der Waals surface area contributed by atoms with Crippen molar-refractivity contribution in [2.75, 3.05) is 5.32 Å². The maximum absolute atomic E-state index is 13.5. The highest BCUT2D eigenvalue weighted by molar-refractivity contribution is 5.91. The number of aromatic nitrogens is 2. The maximum Gasteiger partial charge on any atom is 0.407 e. The van der Waals surface area contributed by atoms with Crippen LogP contribution in [0.5, 0.6) is 0 Å². The summed E-state index contributed by atoms with van der Waals surface area (Å²) in [6.07, 6.45) is 0.190. The van der Waals surface area contributed by atoms with E-state index in [-0.39, 0.29) is 36.0 Å². The summed E-state index contributed by atoms with van der Waals surface area (Å²) in [5.74, 6) is -1.09. The second-order valence-corrected chi connectivity index (χ2v) is 7.10. The second-order valence-electron chi connectivity index (χ2n) is 7.10. The third-order valence-electron chi connectivity index (χ3n) is 4.65. The molecule has 3 rings (SSSR count). The molecule has 1 fully saturated rings. The first-order chi connectivity index (χ1) is 13.3. The summed E-state index contributed by atoms with van der Waals surface area (Å²) in [6.45, 7) is 3.30. The highest BCUT2D eigenvalue weighted by Crippen LogP contribution is 2.38. The van der Waals surface area contributed by atoms with Crippen LogP contribution in [0.15, 0.2) is 24.3 Å². The predicted octanol–water partition coefficient (Wildman–Crippen LogP) is 3.45. The van der Waals surface area contributed by atoms with Gasteiger partial charge in [-0.25, -0.2) is 13.6 Å². The molecule has 0 atom stereocenters. The Bertz CT molecular complexity index is 842. The molecular weight excluding hydrogens is 370 g/mol. The first-order valence-corrected chi connectivity index (χ1v) is 9.07. The molecule has 1 heterocycles. The number of anilines is 1. The number of nitrogens with zero attached hydrogens (tertiary/aromatic N) is 1. The zero-order chi connectivity index (χ0) is 20.3. The van der Waals surface area contributed by atoms with Crippen molar-refractivity contribution in [3.05, 3.63) is 47.2 Å². The normalized spacial score (nSPS) is 18.5. The average molecular weight is 392 g/mol. The van der Waals surface area contributed by atoms with Crippen LogP contribution in [0.2, 0.25) is 0 Å².